The summed E-state index contributed by atoms with van der Waals surface area (Å²) < 4.78 is 39.8. The maximum Gasteiger partial charge on any atom is 0.194 e. The van der Waals surface area contributed by atoms with Gasteiger partial charge < -0.3 is 10.2 Å². The van der Waals surface area contributed by atoms with Gasteiger partial charge in [-0.3, -0.25) is 0 Å². The van der Waals surface area contributed by atoms with Gasteiger partial charge in [0.1, 0.15) is 0 Å². The number of piperazine rings is 1. The van der Waals surface area contributed by atoms with Gasteiger partial charge in [-0.15, -0.1) is 0 Å². The highest BCUT2D eigenvalue weighted by Crippen LogP contribution is 2.26. The highest BCUT2D eigenvalue weighted by molar-refractivity contribution is 5.49. The molecule has 1 aliphatic rings. The number of hydrogen-bond acceptors (Lipinski definition) is 2. The Morgan fingerprint density at radius 3 is 2.45 bits per heavy atom. The van der Waals surface area contributed by atoms with Crippen molar-refractivity contribution in [2.45, 2.75) is 39.3 Å². The third-order valence-corrected chi connectivity index (χ3v) is 4.23. The average molecular weight is 286 g/mol. The Balaban J connectivity index is 2.25. The van der Waals surface area contributed by atoms with E-state index < -0.39 is 17.5 Å². The maximum absolute atomic E-state index is 13.4. The van der Waals surface area contributed by atoms with Crippen LogP contribution in [0, 0.1) is 23.4 Å². The number of nitrogens with zero attached hydrogens (tertiary/aromatic N) is 1. The van der Waals surface area contributed by atoms with Crippen LogP contribution < -0.4 is 10.2 Å². The molecule has 2 nitrogen and oxygen atoms in total. The molecule has 1 heterocycles. The first kappa shape index (κ1) is 15.2. The minimum Gasteiger partial charge on any atom is -0.366 e. The standard InChI is InChI=1S/C15H21F3N2/c1-4-9(2)14-8-20(10(3)7-19-14)11-5-12(16)15(18)13(17)6-11/h5-6,9-10,14,19H,4,7-8H2,1-3H3. The van der Waals surface area contributed by atoms with Crippen LogP contribution in [0.1, 0.15) is 27.2 Å². The van der Waals surface area contributed by atoms with Crippen molar-refractivity contribution in [2.75, 3.05) is 18.0 Å². The molecule has 0 spiro atoms. The monoisotopic (exact) mass is 286 g/mol. The Kier molecular flexibility index (Phi) is 4.58. The van der Waals surface area contributed by atoms with E-state index in [0.29, 0.717) is 18.2 Å². The van der Waals surface area contributed by atoms with Crippen LogP contribution in [0.15, 0.2) is 12.1 Å². The molecule has 1 aliphatic heterocycles. The molecule has 0 aromatic heterocycles. The largest absolute Gasteiger partial charge is 0.366 e. The lowest BCUT2D eigenvalue weighted by molar-refractivity contribution is 0.315. The van der Waals surface area contributed by atoms with Gasteiger partial charge in [0.15, 0.2) is 17.5 Å². The Bertz CT molecular complexity index is 455. The zero-order valence-corrected chi connectivity index (χ0v) is 12.1. The van der Waals surface area contributed by atoms with Crippen LogP contribution in [0.4, 0.5) is 18.9 Å². The minimum absolute atomic E-state index is 0.111. The molecule has 1 aromatic rings. The van der Waals surface area contributed by atoms with Gasteiger partial charge in [-0.25, -0.2) is 13.2 Å². The normalized spacial score (nSPS) is 24.8. The lowest BCUT2D eigenvalue weighted by Crippen LogP contribution is -2.57. The molecule has 0 radical (unpaired) electrons. The van der Waals surface area contributed by atoms with Crippen molar-refractivity contribution in [1.82, 2.24) is 5.32 Å². The smallest absolute Gasteiger partial charge is 0.194 e. The van der Waals surface area contributed by atoms with Crippen molar-refractivity contribution in [1.29, 1.82) is 0 Å². The van der Waals surface area contributed by atoms with Crippen LogP contribution >= 0.6 is 0 Å². The highest BCUT2D eigenvalue weighted by atomic mass is 19.2. The molecule has 1 fully saturated rings. The van der Waals surface area contributed by atoms with Gasteiger partial charge in [-0.05, 0) is 12.8 Å². The van der Waals surface area contributed by atoms with E-state index in [9.17, 15) is 13.2 Å². The van der Waals surface area contributed by atoms with E-state index in [4.69, 9.17) is 0 Å². The van der Waals surface area contributed by atoms with E-state index in [0.717, 1.165) is 25.1 Å². The molecule has 0 amide bonds. The fourth-order valence-corrected chi connectivity index (χ4v) is 2.62. The Hall–Kier alpha value is -1.23. The quantitative estimate of drug-likeness (QED) is 0.858. The number of nitrogens with one attached hydrogen (secondary N) is 1. The van der Waals surface area contributed by atoms with Gasteiger partial charge in [0.25, 0.3) is 0 Å². The van der Waals surface area contributed by atoms with Crippen molar-refractivity contribution in [2.24, 2.45) is 5.92 Å². The number of hydrogen-bond donors (Lipinski definition) is 1. The lowest BCUT2D eigenvalue weighted by atomic mass is 9.95. The topological polar surface area (TPSA) is 15.3 Å². The summed E-state index contributed by atoms with van der Waals surface area (Å²) >= 11 is 0. The van der Waals surface area contributed by atoms with Gasteiger partial charge in [0.2, 0.25) is 0 Å². The fraction of sp³-hybridized carbons (Fsp3) is 0.600. The first-order valence-corrected chi connectivity index (χ1v) is 7.08. The second-order valence-electron chi connectivity index (χ2n) is 5.63. The van der Waals surface area contributed by atoms with E-state index in [1.807, 2.05) is 11.8 Å². The third kappa shape index (κ3) is 2.92. The molecule has 1 aromatic carbocycles. The number of rotatable bonds is 3. The van der Waals surface area contributed by atoms with Gasteiger partial charge in [-0.1, -0.05) is 20.3 Å². The van der Waals surface area contributed by atoms with Crippen LogP contribution in [0.5, 0.6) is 0 Å². The maximum atomic E-state index is 13.4. The fourth-order valence-electron chi connectivity index (χ4n) is 2.62. The summed E-state index contributed by atoms with van der Waals surface area (Å²) in [6.07, 6.45) is 1.03. The van der Waals surface area contributed by atoms with E-state index in [-0.39, 0.29) is 12.1 Å². The van der Waals surface area contributed by atoms with Crippen molar-refractivity contribution in [3.8, 4) is 0 Å². The molecule has 112 valence electrons. The Morgan fingerprint density at radius 2 is 1.90 bits per heavy atom. The zero-order valence-electron chi connectivity index (χ0n) is 12.1. The third-order valence-electron chi connectivity index (χ3n) is 4.23. The van der Waals surface area contributed by atoms with Gasteiger partial charge >= 0.3 is 0 Å². The van der Waals surface area contributed by atoms with Crippen LogP contribution in [0.2, 0.25) is 0 Å². The summed E-state index contributed by atoms with van der Waals surface area (Å²) in [6.45, 7) is 7.67. The summed E-state index contributed by atoms with van der Waals surface area (Å²) in [6, 6.07) is 2.54. The number of halogens is 3. The van der Waals surface area contributed by atoms with E-state index >= 15 is 0 Å². The predicted molar refractivity (Wildman–Crippen MR) is 74.4 cm³/mol. The molecule has 0 saturated carbocycles. The van der Waals surface area contributed by atoms with Gasteiger partial charge in [0, 0.05) is 43.0 Å². The number of benzene rings is 1. The molecule has 20 heavy (non-hydrogen) atoms. The zero-order chi connectivity index (χ0) is 14.9. The van der Waals surface area contributed by atoms with E-state index in [2.05, 4.69) is 19.2 Å². The molecule has 1 N–H and O–H groups in total. The van der Waals surface area contributed by atoms with Crippen molar-refractivity contribution < 1.29 is 13.2 Å². The van der Waals surface area contributed by atoms with E-state index in [1.165, 1.54) is 0 Å². The minimum atomic E-state index is -1.41. The second-order valence-corrected chi connectivity index (χ2v) is 5.63. The average Bonchev–Trinajstić information content (AvgIpc) is 2.44. The van der Waals surface area contributed by atoms with Crippen LogP contribution in [-0.4, -0.2) is 25.2 Å². The molecule has 0 aliphatic carbocycles. The summed E-state index contributed by atoms with van der Waals surface area (Å²) in [5.74, 6) is -3.20. The highest BCUT2D eigenvalue weighted by Gasteiger charge is 2.28. The van der Waals surface area contributed by atoms with Crippen LogP contribution in [-0.2, 0) is 0 Å². The second kappa shape index (κ2) is 6.04. The van der Waals surface area contributed by atoms with Gasteiger partial charge in [-0.2, -0.15) is 0 Å². The van der Waals surface area contributed by atoms with E-state index in [1.54, 1.807) is 0 Å². The molecule has 2 rings (SSSR count). The molecule has 3 atom stereocenters. The summed E-state index contributed by atoms with van der Waals surface area (Å²) in [7, 11) is 0. The predicted octanol–water partition coefficient (Wildman–Crippen LogP) is 3.32. The Labute approximate surface area is 118 Å². The van der Waals surface area contributed by atoms with Crippen LogP contribution in [0.25, 0.3) is 0 Å². The molecule has 5 heteroatoms. The molecule has 1 saturated heterocycles. The summed E-state index contributed by atoms with van der Waals surface area (Å²) in [5, 5.41) is 3.46. The number of anilines is 1. The molecule has 3 unspecified atom stereocenters. The van der Waals surface area contributed by atoms with Crippen LogP contribution in [0.3, 0.4) is 0 Å². The SMILES string of the molecule is CCC(C)C1CN(c2cc(F)c(F)c(F)c2)C(C)CN1. The first-order chi connectivity index (χ1) is 9.43. The van der Waals surface area contributed by atoms with Crippen molar-refractivity contribution in [3.05, 3.63) is 29.6 Å². The molecule has 0 bridgehead atoms. The molecular formula is C15H21F3N2. The lowest BCUT2D eigenvalue weighted by Gasteiger charge is -2.42. The Morgan fingerprint density at radius 1 is 1.30 bits per heavy atom. The summed E-state index contributed by atoms with van der Waals surface area (Å²) in [4.78, 5) is 1.94. The molecular weight excluding hydrogens is 265 g/mol. The van der Waals surface area contributed by atoms with Crippen molar-refractivity contribution >= 4 is 5.69 Å². The summed E-state index contributed by atoms with van der Waals surface area (Å²) in [5.41, 5.74) is 0.406. The first-order valence-electron chi connectivity index (χ1n) is 7.08. The van der Waals surface area contributed by atoms with Gasteiger partial charge in [0.05, 0.1) is 0 Å². The van der Waals surface area contributed by atoms with Crippen molar-refractivity contribution in [3.63, 3.8) is 0 Å².